The summed E-state index contributed by atoms with van der Waals surface area (Å²) in [5.41, 5.74) is 1.28. The van der Waals surface area contributed by atoms with E-state index < -0.39 is 30.4 Å². The van der Waals surface area contributed by atoms with Crippen molar-refractivity contribution in [3.05, 3.63) is 96.1 Å². The van der Waals surface area contributed by atoms with Gasteiger partial charge in [0.25, 0.3) is 11.8 Å². The van der Waals surface area contributed by atoms with Crippen LogP contribution in [0.4, 0.5) is 0 Å². The summed E-state index contributed by atoms with van der Waals surface area (Å²) < 4.78 is 16.2. The Kier molecular flexibility index (Phi) is 10.3. The standard InChI is InChI=1S/C28H30N2O6/c1-2-34-23-13-15-24(16-14-23)35-18-17-29-26(31)20-36-28(33)25(19-21-9-5-3-6-10-21)30-27(32)22-11-7-4-8-12-22/h3-16,25H,2,17-20H2,1H3,(H,29,31)(H,30,32). The highest BCUT2D eigenvalue weighted by molar-refractivity contribution is 5.97. The number of amides is 2. The molecular formula is C28H30N2O6. The lowest BCUT2D eigenvalue weighted by atomic mass is 10.1. The first kappa shape index (κ1) is 26.3. The molecule has 3 rings (SSSR count). The maximum absolute atomic E-state index is 12.8. The fourth-order valence-corrected chi connectivity index (χ4v) is 3.32. The lowest BCUT2D eigenvalue weighted by Gasteiger charge is -2.18. The van der Waals surface area contributed by atoms with Crippen molar-refractivity contribution >= 4 is 17.8 Å². The minimum absolute atomic E-state index is 0.232. The van der Waals surface area contributed by atoms with E-state index in [0.717, 1.165) is 11.3 Å². The molecule has 2 N–H and O–H groups in total. The van der Waals surface area contributed by atoms with Crippen molar-refractivity contribution < 1.29 is 28.6 Å². The van der Waals surface area contributed by atoms with Crippen molar-refractivity contribution in [2.24, 2.45) is 0 Å². The number of carbonyl (C=O) groups excluding carboxylic acids is 3. The Morgan fingerprint density at radius 2 is 1.42 bits per heavy atom. The van der Waals surface area contributed by atoms with Crippen LogP contribution in [-0.4, -0.2) is 50.2 Å². The molecular weight excluding hydrogens is 460 g/mol. The molecule has 0 spiro atoms. The third-order valence-corrected chi connectivity index (χ3v) is 5.08. The Bertz CT molecular complexity index is 1100. The van der Waals surface area contributed by atoms with Gasteiger partial charge < -0.3 is 24.8 Å². The molecule has 0 heterocycles. The van der Waals surface area contributed by atoms with Gasteiger partial charge in [-0.1, -0.05) is 48.5 Å². The summed E-state index contributed by atoms with van der Waals surface area (Å²) >= 11 is 0. The second-order valence-corrected chi connectivity index (χ2v) is 7.79. The molecule has 0 radical (unpaired) electrons. The van der Waals surface area contributed by atoms with E-state index >= 15 is 0 Å². The summed E-state index contributed by atoms with van der Waals surface area (Å²) in [6.07, 6.45) is 0.232. The minimum atomic E-state index is -0.948. The molecule has 0 aromatic heterocycles. The fraction of sp³-hybridized carbons (Fsp3) is 0.250. The Labute approximate surface area is 210 Å². The maximum Gasteiger partial charge on any atom is 0.329 e. The first-order chi connectivity index (χ1) is 17.5. The molecule has 1 unspecified atom stereocenters. The Morgan fingerprint density at radius 1 is 0.806 bits per heavy atom. The topological polar surface area (TPSA) is 103 Å². The highest BCUT2D eigenvalue weighted by Gasteiger charge is 2.24. The van der Waals surface area contributed by atoms with Crippen molar-refractivity contribution in [3.63, 3.8) is 0 Å². The van der Waals surface area contributed by atoms with Crippen molar-refractivity contribution in [3.8, 4) is 11.5 Å². The third-order valence-electron chi connectivity index (χ3n) is 5.08. The van der Waals surface area contributed by atoms with Crippen LogP contribution in [-0.2, 0) is 20.7 Å². The summed E-state index contributed by atoms with van der Waals surface area (Å²) in [5, 5.41) is 5.36. The van der Waals surface area contributed by atoms with E-state index in [-0.39, 0.29) is 19.6 Å². The van der Waals surface area contributed by atoms with Gasteiger partial charge in [0.05, 0.1) is 13.2 Å². The zero-order valence-corrected chi connectivity index (χ0v) is 20.1. The smallest absolute Gasteiger partial charge is 0.329 e. The molecule has 0 saturated heterocycles. The average molecular weight is 491 g/mol. The van der Waals surface area contributed by atoms with E-state index in [1.54, 1.807) is 54.6 Å². The van der Waals surface area contributed by atoms with Crippen LogP contribution in [0.5, 0.6) is 11.5 Å². The second-order valence-electron chi connectivity index (χ2n) is 7.79. The van der Waals surface area contributed by atoms with Gasteiger partial charge in [-0.05, 0) is 48.9 Å². The first-order valence-corrected chi connectivity index (χ1v) is 11.7. The molecule has 188 valence electrons. The molecule has 3 aromatic carbocycles. The van der Waals surface area contributed by atoms with Crippen LogP contribution >= 0.6 is 0 Å². The van der Waals surface area contributed by atoms with Crippen molar-refractivity contribution in [2.75, 3.05) is 26.4 Å². The predicted molar refractivity (Wildman–Crippen MR) is 135 cm³/mol. The van der Waals surface area contributed by atoms with Crippen LogP contribution in [0, 0.1) is 0 Å². The Hall–Kier alpha value is -4.33. The van der Waals surface area contributed by atoms with Gasteiger partial charge >= 0.3 is 5.97 Å². The lowest BCUT2D eigenvalue weighted by molar-refractivity contribution is -0.150. The van der Waals surface area contributed by atoms with Gasteiger partial charge in [0.1, 0.15) is 24.1 Å². The van der Waals surface area contributed by atoms with Crippen LogP contribution in [0.1, 0.15) is 22.8 Å². The van der Waals surface area contributed by atoms with E-state index in [9.17, 15) is 14.4 Å². The average Bonchev–Trinajstić information content (AvgIpc) is 2.91. The Morgan fingerprint density at radius 3 is 2.06 bits per heavy atom. The summed E-state index contributed by atoms with van der Waals surface area (Å²) in [6, 6.07) is 24.1. The van der Waals surface area contributed by atoms with Crippen LogP contribution in [0.2, 0.25) is 0 Å². The lowest BCUT2D eigenvalue weighted by Crippen LogP contribution is -2.44. The van der Waals surface area contributed by atoms with Crippen LogP contribution in [0.25, 0.3) is 0 Å². The van der Waals surface area contributed by atoms with Gasteiger partial charge in [-0.25, -0.2) is 4.79 Å². The minimum Gasteiger partial charge on any atom is -0.494 e. The Balaban J connectivity index is 1.45. The zero-order valence-electron chi connectivity index (χ0n) is 20.1. The fourth-order valence-electron chi connectivity index (χ4n) is 3.32. The normalized spacial score (nSPS) is 11.1. The number of rotatable bonds is 13. The molecule has 3 aromatic rings. The molecule has 0 aliphatic carbocycles. The van der Waals surface area contributed by atoms with Crippen LogP contribution < -0.4 is 20.1 Å². The molecule has 0 aliphatic rings. The molecule has 8 heteroatoms. The number of benzene rings is 3. The molecule has 1 atom stereocenters. The van der Waals surface area contributed by atoms with Gasteiger partial charge in [0, 0.05) is 12.0 Å². The molecule has 0 aliphatic heterocycles. The third kappa shape index (κ3) is 8.79. The van der Waals surface area contributed by atoms with Crippen LogP contribution in [0.15, 0.2) is 84.9 Å². The van der Waals surface area contributed by atoms with E-state index in [1.807, 2.05) is 37.3 Å². The van der Waals surface area contributed by atoms with E-state index in [2.05, 4.69) is 10.6 Å². The highest BCUT2D eigenvalue weighted by atomic mass is 16.5. The molecule has 0 fully saturated rings. The maximum atomic E-state index is 12.8. The van der Waals surface area contributed by atoms with E-state index in [1.165, 1.54) is 0 Å². The summed E-state index contributed by atoms with van der Waals surface area (Å²) in [4.78, 5) is 37.5. The first-order valence-electron chi connectivity index (χ1n) is 11.7. The molecule has 8 nitrogen and oxygen atoms in total. The van der Waals surface area contributed by atoms with Gasteiger partial charge in [0.2, 0.25) is 0 Å². The van der Waals surface area contributed by atoms with Crippen molar-refractivity contribution in [2.45, 2.75) is 19.4 Å². The van der Waals surface area contributed by atoms with Gasteiger partial charge in [-0.15, -0.1) is 0 Å². The monoisotopic (exact) mass is 490 g/mol. The summed E-state index contributed by atoms with van der Waals surface area (Å²) in [7, 11) is 0. The molecule has 36 heavy (non-hydrogen) atoms. The number of hydrogen-bond acceptors (Lipinski definition) is 6. The summed E-state index contributed by atoms with van der Waals surface area (Å²) in [5.74, 6) is -0.151. The quantitative estimate of drug-likeness (QED) is 0.282. The van der Waals surface area contributed by atoms with Gasteiger partial charge in [0.15, 0.2) is 6.61 Å². The number of ether oxygens (including phenoxy) is 3. The van der Waals surface area contributed by atoms with Crippen LogP contribution in [0.3, 0.4) is 0 Å². The van der Waals surface area contributed by atoms with Gasteiger partial charge in [-0.3, -0.25) is 9.59 Å². The largest absolute Gasteiger partial charge is 0.494 e. The number of hydrogen-bond donors (Lipinski definition) is 2. The number of carbonyl (C=O) groups is 3. The molecule has 0 saturated carbocycles. The molecule has 0 bridgehead atoms. The zero-order chi connectivity index (χ0) is 25.6. The highest BCUT2D eigenvalue weighted by Crippen LogP contribution is 2.17. The van der Waals surface area contributed by atoms with Gasteiger partial charge in [-0.2, -0.15) is 0 Å². The second kappa shape index (κ2) is 14.2. The van der Waals surface area contributed by atoms with E-state index in [4.69, 9.17) is 14.2 Å². The predicted octanol–water partition coefficient (Wildman–Crippen LogP) is 3.16. The SMILES string of the molecule is CCOc1ccc(OCCNC(=O)COC(=O)C(Cc2ccccc2)NC(=O)c2ccccc2)cc1. The van der Waals surface area contributed by atoms with Crippen molar-refractivity contribution in [1.29, 1.82) is 0 Å². The molecule has 2 amide bonds. The number of nitrogens with one attached hydrogen (secondary N) is 2. The number of esters is 1. The summed E-state index contributed by atoms with van der Waals surface area (Å²) in [6.45, 7) is 2.52. The van der Waals surface area contributed by atoms with Crippen molar-refractivity contribution in [1.82, 2.24) is 10.6 Å². The van der Waals surface area contributed by atoms with E-state index in [0.29, 0.717) is 17.9 Å².